The number of ether oxygens (including phenoxy) is 1. The van der Waals surface area contributed by atoms with Crippen LogP contribution in [0.15, 0.2) is 122 Å². The molecule has 0 unspecified atom stereocenters. The number of hydrogen-bond donors (Lipinski definition) is 0. The summed E-state index contributed by atoms with van der Waals surface area (Å²) in [6, 6.07) is 40.6. The Kier molecular flexibility index (Phi) is 7.67. The van der Waals surface area contributed by atoms with Crippen LogP contribution >= 0.6 is 0 Å². The van der Waals surface area contributed by atoms with Gasteiger partial charge >= 0.3 is 0 Å². The van der Waals surface area contributed by atoms with Crippen LogP contribution in [0.5, 0.6) is 11.6 Å². The van der Waals surface area contributed by atoms with Crippen molar-refractivity contribution in [2.45, 2.75) is 25.7 Å². The van der Waals surface area contributed by atoms with Gasteiger partial charge in [0.05, 0.1) is 5.69 Å². The van der Waals surface area contributed by atoms with Crippen molar-refractivity contribution in [3.8, 4) is 11.6 Å². The summed E-state index contributed by atoms with van der Waals surface area (Å²) in [6.45, 7) is 0. The topological polar surface area (TPSA) is 54.4 Å². The van der Waals surface area contributed by atoms with Gasteiger partial charge in [0.25, 0.3) is 0 Å². The molecule has 0 atom stereocenters. The van der Waals surface area contributed by atoms with Gasteiger partial charge in [-0.05, 0) is 78.3 Å². The zero-order valence-corrected chi connectivity index (χ0v) is 26.1. The van der Waals surface area contributed by atoms with Crippen LogP contribution in [0.3, 0.4) is 0 Å². The van der Waals surface area contributed by atoms with Gasteiger partial charge in [0.15, 0.2) is 0 Å². The number of aromatic nitrogens is 3. The molecule has 0 saturated carbocycles. The first kappa shape index (κ1) is 28.0. The van der Waals surface area contributed by atoms with E-state index in [1.165, 1.54) is 22.3 Å². The van der Waals surface area contributed by atoms with E-state index in [-0.39, 0.29) is 21.1 Å². The second-order valence-electron chi connectivity index (χ2n) is 10.7. The Bertz CT molecular complexity index is 1730. The molecule has 2 aliphatic rings. The van der Waals surface area contributed by atoms with Crippen molar-refractivity contribution in [1.82, 2.24) is 15.0 Å². The van der Waals surface area contributed by atoms with E-state index in [9.17, 15) is 0 Å². The molecule has 0 spiro atoms. The number of fused-ring (bicyclic) bond motifs is 4. The van der Waals surface area contributed by atoms with Crippen molar-refractivity contribution >= 4 is 34.5 Å². The van der Waals surface area contributed by atoms with Gasteiger partial charge in [-0.15, -0.1) is 18.2 Å². The van der Waals surface area contributed by atoms with Crippen LogP contribution < -0.4 is 14.5 Å². The third-order valence-corrected chi connectivity index (χ3v) is 8.10. The van der Waals surface area contributed by atoms with Gasteiger partial charge in [-0.2, -0.15) is 11.1 Å². The molecule has 7 heteroatoms. The number of para-hydroxylation sites is 2. The fourth-order valence-electron chi connectivity index (χ4n) is 6.10. The molecule has 0 radical (unpaired) electrons. The molecule has 0 fully saturated rings. The Morgan fingerprint density at radius 3 is 1.82 bits per heavy atom. The van der Waals surface area contributed by atoms with Gasteiger partial charge in [-0.25, -0.2) is 9.97 Å². The maximum Gasteiger partial charge on any atom is 0.218 e. The van der Waals surface area contributed by atoms with E-state index < -0.39 is 0 Å². The van der Waals surface area contributed by atoms with Crippen LogP contribution in [-0.4, -0.2) is 15.0 Å². The zero-order valence-electron chi connectivity index (χ0n) is 23.8. The number of nitrogens with zero attached hydrogens (tertiary/aromatic N) is 5. The van der Waals surface area contributed by atoms with Crippen molar-refractivity contribution in [1.29, 1.82) is 0 Å². The molecule has 0 aliphatic carbocycles. The minimum absolute atomic E-state index is 0. The molecule has 3 aromatic carbocycles. The van der Waals surface area contributed by atoms with Crippen LogP contribution in [0.1, 0.15) is 22.3 Å². The molecule has 5 heterocycles. The molecule has 0 amide bonds. The van der Waals surface area contributed by atoms with Crippen molar-refractivity contribution in [2.75, 3.05) is 9.80 Å². The molecule has 8 rings (SSSR count). The smallest absolute Gasteiger partial charge is 0.218 e. The molecule has 0 N–H and O–H groups in total. The van der Waals surface area contributed by atoms with Crippen LogP contribution in [0.4, 0.5) is 34.5 Å². The molecule has 6 nitrogen and oxygen atoms in total. The fourth-order valence-corrected chi connectivity index (χ4v) is 6.10. The number of anilines is 6. The normalized spacial score (nSPS) is 13.3. The van der Waals surface area contributed by atoms with Gasteiger partial charge in [0.2, 0.25) is 5.88 Å². The first-order valence-electron chi connectivity index (χ1n) is 14.6. The summed E-state index contributed by atoms with van der Waals surface area (Å²) in [5, 5.41) is 0. The standard InChI is InChI=1S/C37H28N5O.Pt/c1-3-15-32-26(9-1)19-21-28-11-7-23-38-36(28)41(32)30-13-5-14-31(25-30)43-35-18-6-17-34(40-35)42-33-16-4-2-10-27(33)20-22-29-12-8-24-39-37(29)42;/h1-18,23-24H,19-22H2;/q-1;. The number of rotatable bonds is 4. The third kappa shape index (κ3) is 5.16. The number of hydrogen-bond acceptors (Lipinski definition) is 6. The molecule has 6 aromatic rings. The Morgan fingerprint density at radius 1 is 0.545 bits per heavy atom. The molecule has 3 aromatic heterocycles. The van der Waals surface area contributed by atoms with Crippen LogP contribution in [0.2, 0.25) is 0 Å². The maximum absolute atomic E-state index is 6.39. The van der Waals surface area contributed by atoms with E-state index >= 15 is 0 Å². The molecule has 0 saturated heterocycles. The summed E-state index contributed by atoms with van der Waals surface area (Å²) in [4.78, 5) is 18.9. The van der Waals surface area contributed by atoms with E-state index in [2.05, 4.69) is 76.5 Å². The Morgan fingerprint density at radius 2 is 1.11 bits per heavy atom. The van der Waals surface area contributed by atoms with Gasteiger partial charge in [0, 0.05) is 51.0 Å². The predicted octanol–water partition coefficient (Wildman–Crippen LogP) is 8.60. The summed E-state index contributed by atoms with van der Waals surface area (Å²) >= 11 is 0. The van der Waals surface area contributed by atoms with E-state index in [0.717, 1.165) is 60.2 Å². The van der Waals surface area contributed by atoms with Crippen molar-refractivity contribution in [2.24, 2.45) is 0 Å². The second kappa shape index (κ2) is 12.1. The van der Waals surface area contributed by atoms with Gasteiger partial charge in [-0.1, -0.05) is 60.3 Å². The molecule has 2 aliphatic heterocycles. The van der Waals surface area contributed by atoms with E-state index in [4.69, 9.17) is 19.7 Å². The molecular weight excluding hydrogens is 726 g/mol. The first-order valence-corrected chi connectivity index (χ1v) is 14.6. The SMILES string of the molecule is [Pt].[c-]1c(Oc2cccc(N3c4ccccc4CCc4cccnc43)n2)cccc1N1c2ccccc2CCc2cccnc21. The van der Waals surface area contributed by atoms with Gasteiger partial charge in [0.1, 0.15) is 17.5 Å². The predicted molar refractivity (Wildman–Crippen MR) is 169 cm³/mol. The summed E-state index contributed by atoms with van der Waals surface area (Å²) in [6.07, 6.45) is 7.45. The first-order chi connectivity index (χ1) is 21.3. The molecule has 44 heavy (non-hydrogen) atoms. The zero-order chi connectivity index (χ0) is 28.6. The number of pyridine rings is 3. The summed E-state index contributed by atoms with van der Waals surface area (Å²) in [7, 11) is 0. The second-order valence-corrected chi connectivity index (χ2v) is 10.7. The summed E-state index contributed by atoms with van der Waals surface area (Å²) < 4.78 is 6.39. The number of aryl methyl sites for hydroxylation is 4. The monoisotopic (exact) mass is 753 g/mol. The average molecular weight is 754 g/mol. The maximum atomic E-state index is 6.39. The van der Waals surface area contributed by atoms with Crippen LogP contribution in [-0.2, 0) is 46.7 Å². The molecule has 0 bridgehead atoms. The Hall–Kier alpha value is -4.80. The third-order valence-electron chi connectivity index (χ3n) is 8.10. The quantitative estimate of drug-likeness (QED) is 0.168. The van der Waals surface area contributed by atoms with Gasteiger partial charge in [-0.3, -0.25) is 4.90 Å². The van der Waals surface area contributed by atoms with Crippen molar-refractivity contribution in [3.63, 3.8) is 0 Å². The molecule has 218 valence electrons. The summed E-state index contributed by atoms with van der Waals surface area (Å²) in [5.74, 6) is 3.64. The average Bonchev–Trinajstić information content (AvgIpc) is 3.33. The minimum Gasteiger partial charge on any atom is -0.466 e. The van der Waals surface area contributed by atoms with Crippen molar-refractivity contribution < 1.29 is 25.8 Å². The van der Waals surface area contributed by atoms with Crippen molar-refractivity contribution in [3.05, 3.63) is 150 Å². The summed E-state index contributed by atoms with van der Waals surface area (Å²) in [5.41, 5.74) is 8.01. The largest absolute Gasteiger partial charge is 0.466 e. The number of benzene rings is 3. The van der Waals surface area contributed by atoms with E-state index in [1.807, 2.05) is 60.9 Å². The fraction of sp³-hybridized carbons (Fsp3) is 0.108. The Labute approximate surface area is 271 Å². The Balaban J connectivity index is 0.00000312. The molecular formula is C37H28N5OPt-. The van der Waals surface area contributed by atoms with Crippen LogP contribution in [0, 0.1) is 6.07 Å². The van der Waals surface area contributed by atoms with Gasteiger partial charge < -0.3 is 9.64 Å². The van der Waals surface area contributed by atoms with E-state index in [0.29, 0.717) is 11.6 Å². The minimum atomic E-state index is 0. The van der Waals surface area contributed by atoms with Crippen LogP contribution in [0.25, 0.3) is 0 Å². The van der Waals surface area contributed by atoms with E-state index in [1.54, 1.807) is 0 Å².